The number of piperazine rings is 1. The number of amides is 1. The van der Waals surface area contributed by atoms with E-state index in [0.717, 1.165) is 38.3 Å². The van der Waals surface area contributed by atoms with E-state index in [1.165, 1.54) is 12.1 Å². The second kappa shape index (κ2) is 13.6. The Balaban J connectivity index is 1.41. The van der Waals surface area contributed by atoms with Gasteiger partial charge in [0.05, 0.1) is 11.9 Å². The molecule has 0 spiro atoms. The summed E-state index contributed by atoms with van der Waals surface area (Å²) in [6.07, 6.45) is -1.26. The van der Waals surface area contributed by atoms with Crippen molar-refractivity contribution in [2.24, 2.45) is 0 Å². The van der Waals surface area contributed by atoms with Crippen LogP contribution in [-0.4, -0.2) is 94.7 Å². The van der Waals surface area contributed by atoms with Crippen LogP contribution >= 0.6 is 0 Å². The molecule has 1 aliphatic rings. The van der Waals surface area contributed by atoms with E-state index < -0.39 is 19.9 Å². The molecule has 0 aliphatic carbocycles. The molecule has 0 unspecified atom stereocenters. The lowest BCUT2D eigenvalue weighted by atomic mass is 10.2. The van der Waals surface area contributed by atoms with Crippen molar-refractivity contribution in [3.05, 3.63) is 54.5 Å². The van der Waals surface area contributed by atoms with Gasteiger partial charge in [-0.25, -0.2) is 19.9 Å². The number of rotatable bonds is 11. The SMILES string of the molecule is CN1CCN(CC(=O)Nc2cc(Nc3nc(-c4cccc(C(F)(F)F)n4)nc4c3ccn4COCC[Si](C)(C)C)ccn2)CC1. The highest BCUT2D eigenvalue weighted by atomic mass is 28.3. The number of ether oxygens (including phenoxy) is 1. The number of fused-ring (bicyclic) bond motifs is 1. The van der Waals surface area contributed by atoms with Gasteiger partial charge in [-0.15, -0.1) is 0 Å². The van der Waals surface area contributed by atoms with E-state index in [1.54, 1.807) is 29.1 Å². The van der Waals surface area contributed by atoms with Crippen LogP contribution in [0.3, 0.4) is 0 Å². The lowest BCUT2D eigenvalue weighted by molar-refractivity contribution is -0.141. The first kappa shape index (κ1) is 32.5. The molecule has 0 radical (unpaired) electrons. The van der Waals surface area contributed by atoms with Crippen molar-refractivity contribution in [3.63, 3.8) is 0 Å². The van der Waals surface area contributed by atoms with E-state index in [2.05, 4.69) is 67.1 Å². The predicted octanol–water partition coefficient (Wildman–Crippen LogP) is 5.15. The van der Waals surface area contributed by atoms with E-state index >= 15 is 0 Å². The number of alkyl halides is 3. The first-order chi connectivity index (χ1) is 21.3. The van der Waals surface area contributed by atoms with Gasteiger partial charge >= 0.3 is 6.18 Å². The third kappa shape index (κ3) is 8.84. The van der Waals surface area contributed by atoms with Crippen LogP contribution in [0, 0.1) is 0 Å². The van der Waals surface area contributed by atoms with Crippen molar-refractivity contribution in [3.8, 4) is 11.5 Å². The number of nitrogens with one attached hydrogen (secondary N) is 2. The summed E-state index contributed by atoms with van der Waals surface area (Å²) in [4.78, 5) is 34.3. The Morgan fingerprint density at radius 2 is 1.82 bits per heavy atom. The molecule has 1 aliphatic heterocycles. The molecule has 1 saturated heterocycles. The average molecular weight is 642 g/mol. The number of halogens is 3. The molecule has 15 heteroatoms. The van der Waals surface area contributed by atoms with Crippen LogP contribution in [0.1, 0.15) is 5.69 Å². The summed E-state index contributed by atoms with van der Waals surface area (Å²) in [6, 6.07) is 9.83. The smallest absolute Gasteiger partial charge is 0.361 e. The van der Waals surface area contributed by atoms with Crippen molar-refractivity contribution in [1.82, 2.24) is 34.3 Å². The number of aromatic nitrogens is 5. The summed E-state index contributed by atoms with van der Waals surface area (Å²) in [5, 5.41) is 6.73. The number of anilines is 3. The highest BCUT2D eigenvalue weighted by Crippen LogP contribution is 2.31. The Hall–Kier alpha value is -3.92. The minimum atomic E-state index is -4.62. The molecule has 4 aromatic rings. The van der Waals surface area contributed by atoms with Crippen LogP contribution in [0.25, 0.3) is 22.6 Å². The summed E-state index contributed by atoms with van der Waals surface area (Å²) in [7, 11) is 0.764. The number of carbonyl (C=O) groups excluding carboxylic acids is 1. The summed E-state index contributed by atoms with van der Waals surface area (Å²) >= 11 is 0. The van der Waals surface area contributed by atoms with Crippen molar-refractivity contribution in [2.75, 3.05) is 57.0 Å². The molecule has 4 aromatic heterocycles. The zero-order valence-corrected chi connectivity index (χ0v) is 26.9. The van der Waals surface area contributed by atoms with E-state index in [-0.39, 0.29) is 30.7 Å². The Morgan fingerprint density at radius 3 is 2.56 bits per heavy atom. The fraction of sp³-hybridized carbons (Fsp3) is 0.433. The number of pyridine rings is 2. The molecule has 5 heterocycles. The third-order valence-electron chi connectivity index (χ3n) is 7.37. The van der Waals surface area contributed by atoms with E-state index in [9.17, 15) is 18.0 Å². The maximum absolute atomic E-state index is 13.5. The minimum Gasteiger partial charge on any atom is -0.361 e. The average Bonchev–Trinajstić information content (AvgIpc) is 3.39. The largest absolute Gasteiger partial charge is 0.433 e. The predicted molar refractivity (Wildman–Crippen MR) is 170 cm³/mol. The highest BCUT2D eigenvalue weighted by molar-refractivity contribution is 6.76. The Bertz CT molecular complexity index is 1630. The van der Waals surface area contributed by atoms with Gasteiger partial charge in [0.1, 0.15) is 35.4 Å². The van der Waals surface area contributed by atoms with Crippen molar-refractivity contribution < 1.29 is 22.7 Å². The molecule has 1 fully saturated rings. The highest BCUT2D eigenvalue weighted by Gasteiger charge is 2.33. The normalized spacial score (nSPS) is 15.0. The maximum Gasteiger partial charge on any atom is 0.433 e. The number of carbonyl (C=O) groups is 1. The fourth-order valence-corrected chi connectivity index (χ4v) is 5.50. The molecule has 240 valence electrons. The summed E-state index contributed by atoms with van der Waals surface area (Å²) in [5.74, 6) is 0.569. The van der Waals surface area contributed by atoms with Gasteiger partial charge in [-0.2, -0.15) is 13.2 Å². The number of likely N-dealkylation sites (N-methyl/N-ethyl adjacent to an activating group) is 1. The molecule has 0 saturated carbocycles. The van der Waals surface area contributed by atoms with Gasteiger partial charge in [0.2, 0.25) is 5.91 Å². The van der Waals surface area contributed by atoms with Gasteiger partial charge in [0, 0.05) is 65.0 Å². The fourth-order valence-electron chi connectivity index (χ4n) is 4.74. The van der Waals surface area contributed by atoms with Gasteiger partial charge in [0.25, 0.3) is 0 Å². The van der Waals surface area contributed by atoms with Crippen molar-refractivity contribution >= 4 is 42.3 Å². The lowest BCUT2D eigenvalue weighted by Crippen LogP contribution is -2.47. The number of nitrogens with zero attached hydrogens (tertiary/aromatic N) is 7. The standard InChI is InChI=1S/C30H38F3N9O2Si/c1-40-12-14-41(15-13-40)19-26(43)37-25-18-21(8-10-34-25)35-27-22-9-11-42(20-44-16-17-45(2,3)4)29(22)39-28(38-27)23-6-5-7-24(36-23)30(31,32)33/h5-11,18H,12-17,19-20H2,1-4H3,(H2,34,35,37,38,39,43). The number of hydrogen-bond donors (Lipinski definition) is 2. The van der Waals surface area contributed by atoms with Crippen LogP contribution in [0.2, 0.25) is 25.7 Å². The molecule has 11 nitrogen and oxygen atoms in total. The quantitative estimate of drug-likeness (QED) is 0.170. The van der Waals surface area contributed by atoms with Crippen LogP contribution in [-0.2, 0) is 22.4 Å². The number of hydrogen-bond acceptors (Lipinski definition) is 9. The van der Waals surface area contributed by atoms with Gasteiger partial charge in [-0.05, 0) is 37.4 Å². The van der Waals surface area contributed by atoms with Crippen LogP contribution < -0.4 is 10.6 Å². The molecule has 45 heavy (non-hydrogen) atoms. The topological polar surface area (TPSA) is 113 Å². The first-order valence-corrected chi connectivity index (χ1v) is 18.5. The third-order valence-corrected chi connectivity index (χ3v) is 9.07. The second-order valence-corrected chi connectivity index (χ2v) is 18.0. The Morgan fingerprint density at radius 1 is 1.04 bits per heavy atom. The van der Waals surface area contributed by atoms with Gasteiger partial charge < -0.3 is 24.8 Å². The van der Waals surface area contributed by atoms with Crippen molar-refractivity contribution in [2.45, 2.75) is 38.6 Å². The van der Waals surface area contributed by atoms with E-state index in [1.807, 2.05) is 6.07 Å². The van der Waals surface area contributed by atoms with Gasteiger partial charge in [-0.1, -0.05) is 25.7 Å². The summed E-state index contributed by atoms with van der Waals surface area (Å²) in [5.41, 5.74) is -0.00502. The zero-order valence-electron chi connectivity index (χ0n) is 25.9. The molecule has 0 aromatic carbocycles. The van der Waals surface area contributed by atoms with Gasteiger partial charge in [0.15, 0.2) is 5.82 Å². The summed E-state index contributed by atoms with van der Waals surface area (Å²) in [6.45, 7) is 11.3. The molecule has 1 amide bonds. The maximum atomic E-state index is 13.5. The molecule has 0 atom stereocenters. The van der Waals surface area contributed by atoms with E-state index in [0.29, 0.717) is 35.0 Å². The Labute approximate surface area is 260 Å². The zero-order chi connectivity index (χ0) is 32.2. The van der Waals surface area contributed by atoms with Crippen LogP contribution in [0.15, 0.2) is 48.8 Å². The van der Waals surface area contributed by atoms with Crippen LogP contribution in [0.5, 0.6) is 0 Å². The first-order valence-electron chi connectivity index (χ1n) is 14.8. The molecular formula is C30H38F3N9O2Si. The second-order valence-electron chi connectivity index (χ2n) is 12.4. The lowest BCUT2D eigenvalue weighted by Gasteiger charge is -2.31. The van der Waals surface area contributed by atoms with Crippen molar-refractivity contribution in [1.29, 1.82) is 0 Å². The van der Waals surface area contributed by atoms with Gasteiger partial charge in [-0.3, -0.25) is 9.69 Å². The minimum absolute atomic E-state index is 0.0197. The summed E-state index contributed by atoms with van der Waals surface area (Å²) < 4.78 is 48.2. The molecule has 0 bridgehead atoms. The molecule has 2 N–H and O–H groups in total. The molecule has 5 rings (SSSR count). The van der Waals surface area contributed by atoms with Crippen LogP contribution in [0.4, 0.5) is 30.5 Å². The van der Waals surface area contributed by atoms with E-state index in [4.69, 9.17) is 4.74 Å². The Kier molecular flexibility index (Phi) is 9.81. The molecular weight excluding hydrogens is 603 g/mol. The monoisotopic (exact) mass is 641 g/mol.